The number of aryl methyl sites for hydroxylation is 1. The topological polar surface area (TPSA) is 37.8 Å². The van der Waals surface area contributed by atoms with Gasteiger partial charge in [-0.2, -0.15) is 0 Å². The van der Waals surface area contributed by atoms with Crippen molar-refractivity contribution in [2.45, 2.75) is 33.2 Å². The summed E-state index contributed by atoms with van der Waals surface area (Å²) in [6, 6.07) is 6.35. The number of rotatable bonds is 5. The van der Waals surface area contributed by atoms with E-state index in [4.69, 9.17) is 0 Å². The fraction of sp³-hybridized carbons (Fsp3) is 0.429. The van der Waals surface area contributed by atoms with Crippen molar-refractivity contribution in [1.29, 1.82) is 0 Å². The second-order valence-electron chi connectivity index (χ2n) is 4.42. The fourth-order valence-electron chi connectivity index (χ4n) is 1.73. The van der Waals surface area contributed by atoms with E-state index < -0.39 is 0 Å². The number of hydrogen-bond acceptors (Lipinski definition) is 4. The standard InChI is InChI=1S/C14H19N3S/c1-4-8-15-11(3)13-9-18-14(17-13)12-7-5-6-10(2)16-12/h5-7,9,11,15H,4,8H2,1-3H3. The summed E-state index contributed by atoms with van der Waals surface area (Å²) in [6.07, 6.45) is 1.14. The normalized spacial score (nSPS) is 12.6. The van der Waals surface area contributed by atoms with Gasteiger partial charge in [0.15, 0.2) is 0 Å². The lowest BCUT2D eigenvalue weighted by Gasteiger charge is -2.09. The SMILES string of the molecule is CCCNC(C)c1csc(-c2cccc(C)n2)n1. The number of aromatic nitrogens is 2. The van der Waals surface area contributed by atoms with Crippen LogP contribution in [0.3, 0.4) is 0 Å². The molecule has 4 heteroatoms. The first-order chi connectivity index (χ1) is 8.70. The minimum Gasteiger partial charge on any atom is -0.309 e. The maximum Gasteiger partial charge on any atom is 0.142 e. The third-order valence-electron chi connectivity index (χ3n) is 2.77. The van der Waals surface area contributed by atoms with Crippen molar-refractivity contribution in [2.24, 2.45) is 0 Å². The Morgan fingerprint density at radius 1 is 1.33 bits per heavy atom. The molecule has 0 aliphatic heterocycles. The molecule has 2 rings (SSSR count). The highest BCUT2D eigenvalue weighted by molar-refractivity contribution is 7.13. The van der Waals surface area contributed by atoms with Gasteiger partial charge in [0.05, 0.1) is 11.4 Å². The number of thiazole rings is 1. The van der Waals surface area contributed by atoms with Gasteiger partial charge in [0, 0.05) is 17.1 Å². The molecule has 96 valence electrons. The van der Waals surface area contributed by atoms with Gasteiger partial charge in [0.1, 0.15) is 5.01 Å². The van der Waals surface area contributed by atoms with Crippen molar-refractivity contribution in [3.63, 3.8) is 0 Å². The Bertz CT molecular complexity index is 507. The predicted molar refractivity (Wildman–Crippen MR) is 76.8 cm³/mol. The first kappa shape index (κ1) is 13.2. The van der Waals surface area contributed by atoms with E-state index in [1.165, 1.54) is 0 Å². The van der Waals surface area contributed by atoms with Gasteiger partial charge >= 0.3 is 0 Å². The van der Waals surface area contributed by atoms with E-state index >= 15 is 0 Å². The van der Waals surface area contributed by atoms with Crippen LogP contribution in [0.5, 0.6) is 0 Å². The molecule has 0 aromatic carbocycles. The highest BCUT2D eigenvalue weighted by Crippen LogP contribution is 2.24. The van der Waals surface area contributed by atoms with Crippen LogP contribution in [0.2, 0.25) is 0 Å². The lowest BCUT2D eigenvalue weighted by Crippen LogP contribution is -2.19. The third kappa shape index (κ3) is 3.15. The summed E-state index contributed by atoms with van der Waals surface area (Å²) in [5.74, 6) is 0. The molecule has 0 spiro atoms. The van der Waals surface area contributed by atoms with E-state index in [-0.39, 0.29) is 0 Å². The molecule has 0 fully saturated rings. The second kappa shape index (κ2) is 6.07. The minimum atomic E-state index is 0.305. The number of hydrogen-bond donors (Lipinski definition) is 1. The van der Waals surface area contributed by atoms with Crippen LogP contribution in [0, 0.1) is 6.92 Å². The average molecular weight is 261 g/mol. The van der Waals surface area contributed by atoms with Gasteiger partial charge in [-0.3, -0.25) is 4.98 Å². The van der Waals surface area contributed by atoms with Crippen molar-refractivity contribution >= 4 is 11.3 Å². The predicted octanol–water partition coefficient (Wildman–Crippen LogP) is 3.57. The van der Waals surface area contributed by atoms with Gasteiger partial charge in [-0.25, -0.2) is 4.98 Å². The van der Waals surface area contributed by atoms with Gasteiger partial charge < -0.3 is 5.32 Å². The van der Waals surface area contributed by atoms with Gasteiger partial charge in [-0.05, 0) is 38.9 Å². The molecule has 0 saturated carbocycles. The summed E-state index contributed by atoms with van der Waals surface area (Å²) in [5, 5.41) is 6.57. The summed E-state index contributed by atoms with van der Waals surface area (Å²) in [4.78, 5) is 9.17. The van der Waals surface area contributed by atoms with E-state index in [1.807, 2.05) is 25.1 Å². The zero-order chi connectivity index (χ0) is 13.0. The summed E-state index contributed by atoms with van der Waals surface area (Å²) in [5.41, 5.74) is 3.10. The van der Waals surface area contributed by atoms with Crippen LogP contribution in [0.4, 0.5) is 0 Å². The average Bonchev–Trinajstić information content (AvgIpc) is 2.85. The Morgan fingerprint density at radius 2 is 2.17 bits per heavy atom. The summed E-state index contributed by atoms with van der Waals surface area (Å²) >= 11 is 1.66. The lowest BCUT2D eigenvalue weighted by atomic mass is 10.2. The Kier molecular flexibility index (Phi) is 4.44. The van der Waals surface area contributed by atoms with Crippen LogP contribution in [-0.4, -0.2) is 16.5 Å². The monoisotopic (exact) mass is 261 g/mol. The smallest absolute Gasteiger partial charge is 0.142 e. The summed E-state index contributed by atoms with van der Waals surface area (Å²) < 4.78 is 0. The van der Waals surface area contributed by atoms with Gasteiger partial charge in [-0.1, -0.05) is 13.0 Å². The molecule has 0 bridgehead atoms. The fourth-order valence-corrected chi connectivity index (χ4v) is 2.61. The van der Waals surface area contributed by atoms with Crippen molar-refractivity contribution in [1.82, 2.24) is 15.3 Å². The molecule has 0 saturated heterocycles. The molecule has 0 amide bonds. The number of nitrogens with one attached hydrogen (secondary N) is 1. The molecule has 0 aliphatic rings. The molecule has 1 atom stereocenters. The van der Waals surface area contributed by atoms with Gasteiger partial charge in [-0.15, -0.1) is 11.3 Å². The summed E-state index contributed by atoms with van der Waals surface area (Å²) in [6.45, 7) is 7.35. The quantitative estimate of drug-likeness (QED) is 0.894. The van der Waals surface area contributed by atoms with Crippen molar-refractivity contribution in [2.75, 3.05) is 6.54 Å². The molecule has 1 unspecified atom stereocenters. The molecule has 0 aliphatic carbocycles. The van der Waals surface area contributed by atoms with E-state index in [0.717, 1.165) is 35.1 Å². The van der Waals surface area contributed by atoms with Crippen molar-refractivity contribution in [3.8, 4) is 10.7 Å². The number of nitrogens with zero attached hydrogens (tertiary/aromatic N) is 2. The van der Waals surface area contributed by atoms with Crippen LogP contribution in [0.25, 0.3) is 10.7 Å². The van der Waals surface area contributed by atoms with Crippen LogP contribution < -0.4 is 5.32 Å². The largest absolute Gasteiger partial charge is 0.309 e. The van der Waals surface area contributed by atoms with Crippen LogP contribution in [0.1, 0.15) is 37.7 Å². The van der Waals surface area contributed by atoms with Gasteiger partial charge in [0.25, 0.3) is 0 Å². The first-order valence-electron chi connectivity index (χ1n) is 6.33. The second-order valence-corrected chi connectivity index (χ2v) is 5.28. The van der Waals surface area contributed by atoms with Gasteiger partial charge in [0.2, 0.25) is 0 Å². The highest BCUT2D eigenvalue weighted by atomic mass is 32.1. The van der Waals surface area contributed by atoms with Crippen molar-refractivity contribution < 1.29 is 0 Å². The Hall–Kier alpha value is -1.26. The Morgan fingerprint density at radius 3 is 2.89 bits per heavy atom. The molecule has 2 heterocycles. The highest BCUT2D eigenvalue weighted by Gasteiger charge is 2.11. The third-order valence-corrected chi connectivity index (χ3v) is 3.66. The maximum absolute atomic E-state index is 4.67. The minimum absolute atomic E-state index is 0.305. The van der Waals surface area contributed by atoms with E-state index in [1.54, 1.807) is 11.3 Å². The summed E-state index contributed by atoms with van der Waals surface area (Å²) in [7, 11) is 0. The molecule has 2 aromatic heterocycles. The Balaban J connectivity index is 2.15. The van der Waals surface area contributed by atoms with Crippen LogP contribution in [-0.2, 0) is 0 Å². The number of pyridine rings is 1. The maximum atomic E-state index is 4.67. The Labute approximate surface area is 112 Å². The zero-order valence-corrected chi connectivity index (χ0v) is 11.9. The molecule has 0 radical (unpaired) electrons. The molecule has 1 N–H and O–H groups in total. The molecule has 18 heavy (non-hydrogen) atoms. The van der Waals surface area contributed by atoms with Crippen LogP contribution in [0.15, 0.2) is 23.6 Å². The van der Waals surface area contributed by atoms with E-state index in [2.05, 4.69) is 34.5 Å². The zero-order valence-electron chi connectivity index (χ0n) is 11.1. The first-order valence-corrected chi connectivity index (χ1v) is 7.21. The lowest BCUT2D eigenvalue weighted by molar-refractivity contribution is 0.561. The molecule has 2 aromatic rings. The van der Waals surface area contributed by atoms with Crippen molar-refractivity contribution in [3.05, 3.63) is 35.0 Å². The molecular formula is C14H19N3S. The van der Waals surface area contributed by atoms with E-state index in [0.29, 0.717) is 6.04 Å². The molecule has 3 nitrogen and oxygen atoms in total. The van der Waals surface area contributed by atoms with Crippen LogP contribution >= 0.6 is 11.3 Å². The van der Waals surface area contributed by atoms with E-state index in [9.17, 15) is 0 Å². The molecular weight excluding hydrogens is 242 g/mol.